The van der Waals surface area contributed by atoms with Crippen molar-refractivity contribution >= 4 is 27.7 Å². The van der Waals surface area contributed by atoms with Gasteiger partial charge in [0.25, 0.3) is 0 Å². The predicted octanol–water partition coefficient (Wildman–Crippen LogP) is 2.78. The van der Waals surface area contributed by atoms with E-state index in [1.807, 2.05) is 17.8 Å². The second-order valence-electron chi connectivity index (χ2n) is 3.83. The van der Waals surface area contributed by atoms with Gasteiger partial charge in [-0.1, -0.05) is 6.07 Å². The molecule has 1 saturated heterocycles. The molecule has 0 spiro atoms. The fraction of sp³-hybridized carbons (Fsp3) is 0.545. The van der Waals surface area contributed by atoms with Gasteiger partial charge < -0.3 is 0 Å². The Balaban J connectivity index is 1.92. The summed E-state index contributed by atoms with van der Waals surface area (Å²) in [6, 6.07) is 6.11. The van der Waals surface area contributed by atoms with Crippen LogP contribution in [0, 0.1) is 0 Å². The van der Waals surface area contributed by atoms with E-state index >= 15 is 0 Å². The van der Waals surface area contributed by atoms with Crippen LogP contribution < -0.4 is 0 Å². The molecule has 0 N–H and O–H groups in total. The summed E-state index contributed by atoms with van der Waals surface area (Å²) in [5.41, 5.74) is 1.16. The molecule has 4 heteroatoms. The largest absolute Gasteiger partial charge is 0.296 e. The molecule has 0 bridgehead atoms. The van der Waals surface area contributed by atoms with Crippen LogP contribution in [0.25, 0.3) is 0 Å². The Bertz CT molecular complexity index is 332. The Morgan fingerprint density at radius 3 is 3.13 bits per heavy atom. The lowest BCUT2D eigenvalue weighted by Crippen LogP contribution is -2.21. The summed E-state index contributed by atoms with van der Waals surface area (Å²) in [5.74, 6) is 0. The van der Waals surface area contributed by atoms with Gasteiger partial charge in [-0.15, -0.1) is 0 Å². The highest BCUT2D eigenvalue weighted by atomic mass is 79.9. The van der Waals surface area contributed by atoms with Crippen molar-refractivity contribution in [3.8, 4) is 0 Å². The third-order valence-electron chi connectivity index (χ3n) is 2.72. The maximum atomic E-state index is 4.46. The normalized spacial score (nSPS) is 22.1. The zero-order valence-corrected chi connectivity index (χ0v) is 11.2. The van der Waals surface area contributed by atoms with Crippen LogP contribution in [0.15, 0.2) is 22.8 Å². The van der Waals surface area contributed by atoms with E-state index in [4.69, 9.17) is 0 Å². The minimum Gasteiger partial charge on any atom is -0.296 e. The molecule has 0 aliphatic carbocycles. The smallest absolute Gasteiger partial charge is 0.106 e. The molecule has 0 amide bonds. The Labute approximate surface area is 104 Å². The van der Waals surface area contributed by atoms with Gasteiger partial charge in [-0.3, -0.25) is 4.90 Å². The van der Waals surface area contributed by atoms with E-state index in [2.05, 4.69) is 44.2 Å². The summed E-state index contributed by atoms with van der Waals surface area (Å²) < 4.78 is 0.931. The lowest BCUT2D eigenvalue weighted by Gasteiger charge is -2.14. The van der Waals surface area contributed by atoms with Gasteiger partial charge >= 0.3 is 0 Å². The van der Waals surface area contributed by atoms with Gasteiger partial charge in [0.2, 0.25) is 0 Å². The van der Waals surface area contributed by atoms with Crippen LogP contribution in [-0.4, -0.2) is 34.5 Å². The number of nitrogens with zero attached hydrogens (tertiary/aromatic N) is 2. The zero-order chi connectivity index (χ0) is 10.7. The lowest BCUT2D eigenvalue weighted by molar-refractivity contribution is 0.328. The number of hydrogen-bond donors (Lipinski definition) is 0. The van der Waals surface area contributed by atoms with E-state index < -0.39 is 0 Å². The molecule has 1 aliphatic heterocycles. The van der Waals surface area contributed by atoms with Gasteiger partial charge in [0.05, 0.1) is 5.69 Å². The van der Waals surface area contributed by atoms with Crippen LogP contribution in [0.1, 0.15) is 12.1 Å². The van der Waals surface area contributed by atoms with Crippen LogP contribution in [0.2, 0.25) is 0 Å². The average molecular weight is 287 g/mol. The first kappa shape index (κ1) is 11.4. The third kappa shape index (κ3) is 3.20. The van der Waals surface area contributed by atoms with Crippen molar-refractivity contribution in [2.45, 2.75) is 18.2 Å². The fourth-order valence-electron chi connectivity index (χ4n) is 1.90. The lowest BCUT2D eigenvalue weighted by atomic mass is 10.3. The van der Waals surface area contributed by atoms with Crippen LogP contribution in [-0.2, 0) is 6.54 Å². The number of halogens is 1. The fourth-order valence-corrected chi connectivity index (χ4v) is 2.98. The van der Waals surface area contributed by atoms with Crippen molar-refractivity contribution < 1.29 is 0 Å². The molecule has 1 fully saturated rings. The molecular formula is C11H15BrN2S. The summed E-state index contributed by atoms with van der Waals surface area (Å²) >= 11 is 5.38. The maximum absolute atomic E-state index is 4.46. The van der Waals surface area contributed by atoms with E-state index in [9.17, 15) is 0 Å². The van der Waals surface area contributed by atoms with Gasteiger partial charge in [-0.25, -0.2) is 4.98 Å². The molecule has 2 heterocycles. The average Bonchev–Trinajstić information content (AvgIpc) is 2.65. The van der Waals surface area contributed by atoms with E-state index in [-0.39, 0.29) is 0 Å². The second kappa shape index (κ2) is 5.32. The summed E-state index contributed by atoms with van der Waals surface area (Å²) in [6.45, 7) is 3.39. The molecular weight excluding hydrogens is 272 g/mol. The number of likely N-dealkylation sites (tertiary alicyclic amines) is 1. The maximum Gasteiger partial charge on any atom is 0.106 e. The molecule has 1 aliphatic rings. The van der Waals surface area contributed by atoms with Crippen LogP contribution in [0.3, 0.4) is 0 Å². The minimum atomic E-state index is 0.817. The highest BCUT2D eigenvalue weighted by Crippen LogP contribution is 2.21. The number of thioether (sulfide) groups is 1. The van der Waals surface area contributed by atoms with E-state index in [0.717, 1.165) is 22.1 Å². The molecule has 0 saturated carbocycles. The summed E-state index contributed by atoms with van der Waals surface area (Å²) in [6.07, 6.45) is 3.51. The highest BCUT2D eigenvalue weighted by Gasteiger charge is 2.21. The van der Waals surface area contributed by atoms with Gasteiger partial charge in [0.15, 0.2) is 0 Å². The Morgan fingerprint density at radius 1 is 1.60 bits per heavy atom. The first-order valence-corrected chi connectivity index (χ1v) is 7.22. The molecule has 1 unspecified atom stereocenters. The second-order valence-corrected chi connectivity index (χ2v) is 5.78. The molecule has 0 aromatic carbocycles. The number of hydrogen-bond acceptors (Lipinski definition) is 3. The van der Waals surface area contributed by atoms with Gasteiger partial charge in [0.1, 0.15) is 4.60 Å². The van der Waals surface area contributed by atoms with Crippen molar-refractivity contribution in [1.82, 2.24) is 9.88 Å². The standard InChI is InChI=1S/C11H15BrN2S/c1-15-10-5-6-14(8-10)7-9-3-2-4-11(12)13-9/h2-4,10H,5-8H2,1H3. The summed E-state index contributed by atoms with van der Waals surface area (Å²) in [4.78, 5) is 6.94. The predicted molar refractivity (Wildman–Crippen MR) is 69.1 cm³/mol. The van der Waals surface area contributed by atoms with Gasteiger partial charge in [-0.2, -0.15) is 11.8 Å². The number of rotatable bonds is 3. The molecule has 2 rings (SSSR count). The number of aromatic nitrogens is 1. The van der Waals surface area contributed by atoms with Crippen LogP contribution in [0.4, 0.5) is 0 Å². The quantitative estimate of drug-likeness (QED) is 0.795. The van der Waals surface area contributed by atoms with Gasteiger partial charge in [-0.05, 0) is 47.3 Å². The third-order valence-corrected chi connectivity index (χ3v) is 4.21. The topological polar surface area (TPSA) is 16.1 Å². The molecule has 82 valence electrons. The Hall–Kier alpha value is -0.0600. The molecule has 0 radical (unpaired) electrons. The monoisotopic (exact) mass is 286 g/mol. The first-order valence-electron chi connectivity index (χ1n) is 5.14. The molecule has 1 aromatic rings. The van der Waals surface area contributed by atoms with Crippen molar-refractivity contribution in [3.05, 3.63) is 28.5 Å². The van der Waals surface area contributed by atoms with Crippen LogP contribution in [0.5, 0.6) is 0 Å². The van der Waals surface area contributed by atoms with E-state index in [1.54, 1.807) is 0 Å². The molecule has 2 nitrogen and oxygen atoms in total. The Morgan fingerprint density at radius 2 is 2.47 bits per heavy atom. The summed E-state index contributed by atoms with van der Waals surface area (Å²) in [5, 5.41) is 0.817. The van der Waals surface area contributed by atoms with Gasteiger partial charge in [0, 0.05) is 18.3 Å². The highest BCUT2D eigenvalue weighted by molar-refractivity contribution is 9.10. The summed E-state index contributed by atoms with van der Waals surface area (Å²) in [7, 11) is 0. The SMILES string of the molecule is CSC1CCN(Cc2cccc(Br)n2)C1. The number of pyridine rings is 1. The first-order chi connectivity index (χ1) is 7.28. The van der Waals surface area contributed by atoms with Crippen molar-refractivity contribution in [2.75, 3.05) is 19.3 Å². The Kier molecular flexibility index (Phi) is 4.05. The van der Waals surface area contributed by atoms with E-state index in [0.29, 0.717) is 0 Å². The van der Waals surface area contributed by atoms with Crippen molar-refractivity contribution in [3.63, 3.8) is 0 Å². The molecule has 1 atom stereocenters. The molecule has 15 heavy (non-hydrogen) atoms. The van der Waals surface area contributed by atoms with Crippen molar-refractivity contribution in [2.24, 2.45) is 0 Å². The minimum absolute atomic E-state index is 0.817. The molecule has 1 aromatic heterocycles. The van der Waals surface area contributed by atoms with Crippen molar-refractivity contribution in [1.29, 1.82) is 0 Å². The van der Waals surface area contributed by atoms with E-state index in [1.165, 1.54) is 19.5 Å². The van der Waals surface area contributed by atoms with Crippen LogP contribution >= 0.6 is 27.7 Å². The zero-order valence-electron chi connectivity index (χ0n) is 8.82.